The summed E-state index contributed by atoms with van der Waals surface area (Å²) in [6, 6.07) is 3.76. The predicted molar refractivity (Wildman–Crippen MR) is 88.3 cm³/mol. The van der Waals surface area contributed by atoms with Gasteiger partial charge in [-0.2, -0.15) is 0 Å². The maximum Gasteiger partial charge on any atom is 0.240 e. The third kappa shape index (κ3) is 3.96. The van der Waals surface area contributed by atoms with Gasteiger partial charge >= 0.3 is 0 Å². The van der Waals surface area contributed by atoms with Crippen LogP contribution in [0.1, 0.15) is 18.2 Å². The van der Waals surface area contributed by atoms with Crippen LogP contribution in [-0.2, 0) is 16.1 Å². The fourth-order valence-corrected chi connectivity index (χ4v) is 3.49. The van der Waals surface area contributed by atoms with E-state index < -0.39 is 0 Å². The van der Waals surface area contributed by atoms with Crippen molar-refractivity contribution in [2.24, 2.45) is 11.7 Å². The number of hydrogen-bond acceptors (Lipinski definition) is 4. The molecule has 1 aliphatic heterocycles. The number of nitrogens with zero attached hydrogens (tertiary/aromatic N) is 2. The zero-order valence-electron chi connectivity index (χ0n) is 12.9. The Morgan fingerprint density at radius 3 is 2.95 bits per heavy atom. The van der Waals surface area contributed by atoms with Gasteiger partial charge in [-0.15, -0.1) is 17.9 Å². The fourth-order valence-electron chi connectivity index (χ4n) is 2.77. The van der Waals surface area contributed by atoms with Crippen LogP contribution >= 0.6 is 11.3 Å². The quantitative estimate of drug-likeness (QED) is 0.773. The Labute approximate surface area is 135 Å². The SMILES string of the molecule is C=CCN(Cc1cccs1)C(=O)[C@@H](C)N1CC[C@H](C(N)=O)C1. The van der Waals surface area contributed by atoms with Crippen LogP contribution in [0, 0.1) is 5.92 Å². The molecule has 0 radical (unpaired) electrons. The summed E-state index contributed by atoms with van der Waals surface area (Å²) in [5.74, 6) is -0.345. The molecule has 22 heavy (non-hydrogen) atoms. The second kappa shape index (κ2) is 7.56. The molecule has 120 valence electrons. The van der Waals surface area contributed by atoms with Gasteiger partial charge in [-0.3, -0.25) is 14.5 Å². The molecular formula is C16H23N3O2S. The van der Waals surface area contributed by atoms with Gasteiger partial charge in [0.1, 0.15) is 0 Å². The van der Waals surface area contributed by atoms with E-state index in [4.69, 9.17) is 5.73 Å². The lowest BCUT2D eigenvalue weighted by Crippen LogP contribution is -2.46. The lowest BCUT2D eigenvalue weighted by Gasteiger charge is -2.29. The number of rotatable bonds is 7. The maximum atomic E-state index is 12.7. The summed E-state index contributed by atoms with van der Waals surface area (Å²) in [4.78, 5) is 29.0. The van der Waals surface area contributed by atoms with Gasteiger partial charge < -0.3 is 10.6 Å². The molecule has 1 aromatic rings. The zero-order valence-corrected chi connectivity index (χ0v) is 13.7. The summed E-state index contributed by atoms with van der Waals surface area (Å²) >= 11 is 1.64. The van der Waals surface area contributed by atoms with Gasteiger partial charge in [0.15, 0.2) is 0 Å². The number of primary amides is 1. The molecular weight excluding hydrogens is 298 g/mol. The summed E-state index contributed by atoms with van der Waals surface area (Å²) in [7, 11) is 0. The Hall–Kier alpha value is -1.66. The zero-order chi connectivity index (χ0) is 16.1. The third-order valence-corrected chi connectivity index (χ3v) is 4.98. The van der Waals surface area contributed by atoms with E-state index >= 15 is 0 Å². The Morgan fingerprint density at radius 2 is 2.41 bits per heavy atom. The molecule has 2 N–H and O–H groups in total. The monoisotopic (exact) mass is 321 g/mol. The minimum absolute atomic E-state index is 0.0680. The molecule has 0 aromatic carbocycles. The number of carbonyl (C=O) groups excluding carboxylic acids is 2. The lowest BCUT2D eigenvalue weighted by atomic mass is 10.1. The van der Waals surface area contributed by atoms with Crippen LogP contribution in [0.25, 0.3) is 0 Å². The van der Waals surface area contributed by atoms with Crippen molar-refractivity contribution in [3.63, 3.8) is 0 Å². The molecule has 5 nitrogen and oxygen atoms in total. The van der Waals surface area contributed by atoms with Crippen LogP contribution < -0.4 is 5.73 Å². The van der Waals surface area contributed by atoms with Crippen LogP contribution in [0.3, 0.4) is 0 Å². The van der Waals surface area contributed by atoms with Crippen molar-refractivity contribution in [1.82, 2.24) is 9.80 Å². The number of thiophene rings is 1. The van der Waals surface area contributed by atoms with Crippen molar-refractivity contribution in [2.45, 2.75) is 25.9 Å². The van der Waals surface area contributed by atoms with E-state index in [2.05, 4.69) is 6.58 Å². The standard InChI is InChI=1S/C16H23N3O2S/c1-3-7-19(11-14-5-4-9-22-14)16(21)12(2)18-8-6-13(10-18)15(17)20/h3-5,9,12-13H,1,6-8,10-11H2,2H3,(H2,17,20)/t12-,13+/m1/s1. The number of likely N-dealkylation sites (tertiary alicyclic amines) is 1. The fraction of sp³-hybridized carbons (Fsp3) is 0.500. The summed E-state index contributed by atoms with van der Waals surface area (Å²) in [5.41, 5.74) is 5.36. The normalized spacial score (nSPS) is 19.8. The minimum Gasteiger partial charge on any atom is -0.369 e. The number of hydrogen-bond donors (Lipinski definition) is 1. The second-order valence-electron chi connectivity index (χ2n) is 5.65. The number of carbonyl (C=O) groups is 2. The van der Waals surface area contributed by atoms with E-state index in [9.17, 15) is 9.59 Å². The third-order valence-electron chi connectivity index (χ3n) is 4.12. The van der Waals surface area contributed by atoms with Crippen LogP contribution in [0.2, 0.25) is 0 Å². The second-order valence-corrected chi connectivity index (χ2v) is 6.68. The summed E-state index contributed by atoms with van der Waals surface area (Å²) < 4.78 is 0. The first-order chi connectivity index (χ1) is 10.5. The van der Waals surface area contributed by atoms with Crippen molar-refractivity contribution in [2.75, 3.05) is 19.6 Å². The van der Waals surface area contributed by atoms with E-state index in [0.29, 0.717) is 19.6 Å². The molecule has 0 unspecified atom stereocenters. The van der Waals surface area contributed by atoms with Gasteiger partial charge in [0.05, 0.1) is 18.5 Å². The van der Waals surface area contributed by atoms with E-state index in [1.807, 2.05) is 29.3 Å². The lowest BCUT2D eigenvalue weighted by molar-refractivity contribution is -0.136. The van der Waals surface area contributed by atoms with Crippen LogP contribution in [-0.4, -0.2) is 47.3 Å². The Morgan fingerprint density at radius 1 is 1.64 bits per heavy atom. The first-order valence-electron chi connectivity index (χ1n) is 7.48. The molecule has 0 bridgehead atoms. The number of nitrogens with two attached hydrogens (primary N) is 1. The van der Waals surface area contributed by atoms with Crippen LogP contribution in [0.4, 0.5) is 0 Å². The Kier molecular flexibility index (Phi) is 5.74. The summed E-state index contributed by atoms with van der Waals surface area (Å²) in [6.45, 7) is 8.07. The van der Waals surface area contributed by atoms with E-state index in [0.717, 1.165) is 17.8 Å². The molecule has 0 spiro atoms. The highest BCUT2D eigenvalue weighted by molar-refractivity contribution is 7.09. The predicted octanol–water partition coefficient (Wildman–Crippen LogP) is 1.46. The molecule has 2 heterocycles. The van der Waals surface area contributed by atoms with Crippen molar-refractivity contribution >= 4 is 23.2 Å². The first kappa shape index (κ1) is 16.7. The molecule has 2 amide bonds. The van der Waals surface area contributed by atoms with Crippen molar-refractivity contribution in [3.8, 4) is 0 Å². The molecule has 1 fully saturated rings. The van der Waals surface area contributed by atoms with Crippen LogP contribution in [0.15, 0.2) is 30.2 Å². The smallest absolute Gasteiger partial charge is 0.240 e. The molecule has 2 rings (SSSR count). The van der Waals surface area contributed by atoms with E-state index in [1.54, 1.807) is 22.3 Å². The Balaban J connectivity index is 2.00. The van der Waals surface area contributed by atoms with Gasteiger partial charge in [0.25, 0.3) is 0 Å². The van der Waals surface area contributed by atoms with Crippen molar-refractivity contribution < 1.29 is 9.59 Å². The average molecular weight is 321 g/mol. The minimum atomic E-state index is -0.274. The number of amides is 2. The average Bonchev–Trinajstić information content (AvgIpc) is 3.16. The molecule has 1 saturated heterocycles. The molecule has 0 aliphatic carbocycles. The summed E-state index contributed by atoms with van der Waals surface area (Å²) in [5, 5.41) is 2.01. The van der Waals surface area contributed by atoms with Gasteiger partial charge in [-0.05, 0) is 31.3 Å². The highest BCUT2D eigenvalue weighted by Gasteiger charge is 2.33. The molecule has 6 heteroatoms. The van der Waals surface area contributed by atoms with E-state index in [1.165, 1.54) is 0 Å². The van der Waals surface area contributed by atoms with Crippen LogP contribution in [0.5, 0.6) is 0 Å². The Bertz CT molecular complexity index is 530. The van der Waals surface area contributed by atoms with Gasteiger partial charge in [-0.25, -0.2) is 0 Å². The first-order valence-corrected chi connectivity index (χ1v) is 8.36. The van der Waals surface area contributed by atoms with E-state index in [-0.39, 0.29) is 23.8 Å². The molecule has 0 saturated carbocycles. The highest BCUT2D eigenvalue weighted by atomic mass is 32.1. The van der Waals surface area contributed by atoms with Gasteiger partial charge in [-0.1, -0.05) is 12.1 Å². The largest absolute Gasteiger partial charge is 0.369 e. The molecule has 2 atom stereocenters. The maximum absolute atomic E-state index is 12.7. The summed E-state index contributed by atoms with van der Waals surface area (Å²) in [6.07, 6.45) is 2.48. The van der Waals surface area contributed by atoms with Crippen molar-refractivity contribution in [3.05, 3.63) is 35.0 Å². The molecule has 1 aromatic heterocycles. The highest BCUT2D eigenvalue weighted by Crippen LogP contribution is 2.20. The van der Waals surface area contributed by atoms with Gasteiger partial charge in [0.2, 0.25) is 11.8 Å². The topological polar surface area (TPSA) is 66.6 Å². The van der Waals surface area contributed by atoms with Crippen molar-refractivity contribution in [1.29, 1.82) is 0 Å². The van der Waals surface area contributed by atoms with Gasteiger partial charge in [0, 0.05) is 18.0 Å². The molecule has 1 aliphatic rings.